The second-order valence-corrected chi connectivity index (χ2v) is 5.67. The van der Waals surface area contributed by atoms with E-state index in [2.05, 4.69) is 0 Å². The summed E-state index contributed by atoms with van der Waals surface area (Å²) in [5, 5.41) is 9.57. The third-order valence-electron chi connectivity index (χ3n) is 2.99. The van der Waals surface area contributed by atoms with Gasteiger partial charge in [0, 0.05) is 32.2 Å². The number of hydrogen-bond acceptors (Lipinski definition) is 5. The van der Waals surface area contributed by atoms with Crippen molar-refractivity contribution in [3.63, 3.8) is 0 Å². The second kappa shape index (κ2) is 9.65. The van der Waals surface area contributed by atoms with Gasteiger partial charge in [0.25, 0.3) is 0 Å². The number of thioether (sulfide) groups is 1. The first-order valence-corrected chi connectivity index (χ1v) is 7.86. The Bertz CT molecular complexity index is 445. The molecular formula is C15H23NO4S. The highest BCUT2D eigenvalue weighted by molar-refractivity contribution is 7.99. The zero-order valence-electron chi connectivity index (χ0n) is 12.8. The monoisotopic (exact) mass is 313 g/mol. The van der Waals surface area contributed by atoms with Crippen LogP contribution in [0.5, 0.6) is 0 Å². The van der Waals surface area contributed by atoms with E-state index in [1.165, 1.54) is 11.8 Å². The van der Waals surface area contributed by atoms with Gasteiger partial charge in [-0.05, 0) is 17.9 Å². The zero-order chi connectivity index (χ0) is 15.7. The van der Waals surface area contributed by atoms with Crippen LogP contribution in [0.1, 0.15) is 17.3 Å². The molecule has 0 unspecified atom stereocenters. The van der Waals surface area contributed by atoms with Gasteiger partial charge in [0.1, 0.15) is 0 Å². The zero-order valence-corrected chi connectivity index (χ0v) is 13.6. The molecule has 6 heteroatoms. The number of anilines is 1. The van der Waals surface area contributed by atoms with Crippen LogP contribution in [-0.4, -0.2) is 57.4 Å². The minimum absolute atomic E-state index is 0.358. The second-order valence-electron chi connectivity index (χ2n) is 4.36. The Hall–Kier alpha value is -1.24. The van der Waals surface area contributed by atoms with Gasteiger partial charge in [0.2, 0.25) is 0 Å². The molecule has 0 fully saturated rings. The van der Waals surface area contributed by atoms with Gasteiger partial charge in [-0.2, -0.15) is 0 Å². The lowest BCUT2D eigenvalue weighted by Crippen LogP contribution is -2.32. The third-order valence-corrected chi connectivity index (χ3v) is 3.93. The standard InChI is InChI=1S/C15H23NO4S/c1-4-21-13-7-5-6-12(14(13)15(17)18)16(8-10-19-2)9-11-20-3/h5-7H,4,8-11H2,1-3H3,(H,17,18). The van der Waals surface area contributed by atoms with Crippen molar-refractivity contribution in [1.29, 1.82) is 0 Å². The molecule has 118 valence electrons. The lowest BCUT2D eigenvalue weighted by Gasteiger charge is -2.26. The lowest BCUT2D eigenvalue weighted by atomic mass is 10.1. The van der Waals surface area contributed by atoms with Crippen LogP contribution >= 0.6 is 11.8 Å². The molecule has 0 aliphatic rings. The molecule has 0 aliphatic heterocycles. The van der Waals surface area contributed by atoms with Crippen LogP contribution in [0.25, 0.3) is 0 Å². The van der Waals surface area contributed by atoms with E-state index in [0.717, 1.165) is 16.3 Å². The van der Waals surface area contributed by atoms with Crippen LogP contribution in [0.2, 0.25) is 0 Å². The fraction of sp³-hybridized carbons (Fsp3) is 0.533. The number of benzene rings is 1. The van der Waals surface area contributed by atoms with Crippen LogP contribution in [0.4, 0.5) is 5.69 Å². The van der Waals surface area contributed by atoms with Gasteiger partial charge < -0.3 is 19.5 Å². The van der Waals surface area contributed by atoms with Gasteiger partial charge in [-0.1, -0.05) is 13.0 Å². The first kappa shape index (κ1) is 17.8. The average Bonchev–Trinajstić information content (AvgIpc) is 2.47. The van der Waals surface area contributed by atoms with Crippen molar-refractivity contribution in [1.82, 2.24) is 0 Å². The summed E-state index contributed by atoms with van der Waals surface area (Å²) in [5.41, 5.74) is 1.08. The molecule has 0 aliphatic carbocycles. The van der Waals surface area contributed by atoms with E-state index in [-0.39, 0.29) is 0 Å². The highest BCUT2D eigenvalue weighted by Crippen LogP contribution is 2.30. The first-order chi connectivity index (χ1) is 10.2. The summed E-state index contributed by atoms with van der Waals surface area (Å²) in [6, 6.07) is 5.59. The molecule has 0 amide bonds. The van der Waals surface area contributed by atoms with Gasteiger partial charge >= 0.3 is 5.97 Å². The van der Waals surface area contributed by atoms with Crippen molar-refractivity contribution in [3.05, 3.63) is 23.8 Å². The SMILES string of the molecule is CCSc1cccc(N(CCOC)CCOC)c1C(=O)O. The van der Waals surface area contributed by atoms with Crippen LogP contribution in [-0.2, 0) is 9.47 Å². The number of carboxylic acid groups (broad SMARTS) is 1. The number of hydrogen-bond donors (Lipinski definition) is 1. The predicted octanol–water partition coefficient (Wildman–Crippen LogP) is 2.60. The summed E-state index contributed by atoms with van der Waals surface area (Å²) in [7, 11) is 3.27. The minimum atomic E-state index is -0.901. The molecule has 1 aromatic rings. The fourth-order valence-electron chi connectivity index (χ4n) is 2.03. The summed E-state index contributed by atoms with van der Waals surface area (Å²) in [5.74, 6) is -0.0683. The number of carbonyl (C=O) groups is 1. The van der Waals surface area contributed by atoms with Crippen molar-refractivity contribution in [2.24, 2.45) is 0 Å². The molecule has 1 N–H and O–H groups in total. The van der Waals surface area contributed by atoms with E-state index in [9.17, 15) is 9.90 Å². The topological polar surface area (TPSA) is 59.0 Å². The first-order valence-electron chi connectivity index (χ1n) is 6.87. The largest absolute Gasteiger partial charge is 0.478 e. The van der Waals surface area contributed by atoms with Crippen molar-refractivity contribution in [2.75, 3.05) is 51.2 Å². The van der Waals surface area contributed by atoms with E-state index >= 15 is 0 Å². The normalized spacial score (nSPS) is 10.6. The van der Waals surface area contributed by atoms with E-state index in [1.54, 1.807) is 14.2 Å². The van der Waals surface area contributed by atoms with Crippen molar-refractivity contribution >= 4 is 23.4 Å². The van der Waals surface area contributed by atoms with Crippen molar-refractivity contribution in [3.8, 4) is 0 Å². The number of carboxylic acids is 1. The van der Waals surface area contributed by atoms with Gasteiger partial charge in [-0.15, -0.1) is 11.8 Å². The van der Waals surface area contributed by atoms with Crippen LogP contribution in [0.3, 0.4) is 0 Å². The number of rotatable bonds is 10. The molecule has 5 nitrogen and oxygen atoms in total. The molecule has 1 aromatic carbocycles. The molecule has 0 heterocycles. The Kier molecular flexibility index (Phi) is 8.19. The Morgan fingerprint density at radius 1 is 1.24 bits per heavy atom. The average molecular weight is 313 g/mol. The van der Waals surface area contributed by atoms with Gasteiger partial charge in [-0.25, -0.2) is 4.79 Å². The maximum atomic E-state index is 11.7. The molecule has 0 saturated carbocycles. The molecule has 0 spiro atoms. The Morgan fingerprint density at radius 2 is 1.86 bits per heavy atom. The summed E-state index contributed by atoms with van der Waals surface area (Å²) in [6.07, 6.45) is 0. The molecule has 0 atom stereocenters. The molecule has 0 bridgehead atoms. The number of ether oxygens (including phenoxy) is 2. The Labute approximate surface area is 130 Å². The maximum Gasteiger partial charge on any atom is 0.338 e. The molecule has 0 radical (unpaired) electrons. The van der Waals surface area contributed by atoms with Gasteiger partial charge in [0.05, 0.1) is 24.5 Å². The molecule has 21 heavy (non-hydrogen) atoms. The van der Waals surface area contributed by atoms with Crippen LogP contribution in [0, 0.1) is 0 Å². The molecule has 1 rings (SSSR count). The third kappa shape index (κ3) is 5.22. The van der Waals surface area contributed by atoms with E-state index in [4.69, 9.17) is 9.47 Å². The minimum Gasteiger partial charge on any atom is -0.478 e. The highest BCUT2D eigenvalue weighted by Gasteiger charge is 2.19. The molecule has 0 aromatic heterocycles. The summed E-state index contributed by atoms with van der Waals surface area (Å²) in [6.45, 7) is 4.33. The summed E-state index contributed by atoms with van der Waals surface area (Å²) in [4.78, 5) is 14.5. The Balaban J connectivity index is 3.15. The molecular weight excluding hydrogens is 290 g/mol. The number of methoxy groups -OCH3 is 2. The van der Waals surface area contributed by atoms with Gasteiger partial charge in [-0.3, -0.25) is 0 Å². The van der Waals surface area contributed by atoms with Crippen LogP contribution < -0.4 is 4.90 Å². The lowest BCUT2D eigenvalue weighted by molar-refractivity contribution is 0.0693. The van der Waals surface area contributed by atoms with E-state index in [0.29, 0.717) is 31.9 Å². The number of aromatic carboxylic acids is 1. The maximum absolute atomic E-state index is 11.7. The fourth-order valence-corrected chi connectivity index (χ4v) is 2.85. The Morgan fingerprint density at radius 3 is 2.33 bits per heavy atom. The molecule has 0 saturated heterocycles. The van der Waals surface area contributed by atoms with Crippen molar-refractivity contribution < 1.29 is 19.4 Å². The summed E-state index contributed by atoms with van der Waals surface area (Å²) >= 11 is 1.54. The van der Waals surface area contributed by atoms with E-state index in [1.807, 2.05) is 30.0 Å². The predicted molar refractivity (Wildman–Crippen MR) is 85.8 cm³/mol. The quantitative estimate of drug-likeness (QED) is 0.670. The van der Waals surface area contributed by atoms with Gasteiger partial charge in [0.15, 0.2) is 0 Å². The van der Waals surface area contributed by atoms with Crippen LogP contribution in [0.15, 0.2) is 23.1 Å². The van der Waals surface area contributed by atoms with Crippen molar-refractivity contribution in [2.45, 2.75) is 11.8 Å². The highest BCUT2D eigenvalue weighted by atomic mass is 32.2. The summed E-state index contributed by atoms with van der Waals surface area (Å²) < 4.78 is 10.2. The smallest absolute Gasteiger partial charge is 0.338 e. The van der Waals surface area contributed by atoms with E-state index < -0.39 is 5.97 Å². The number of nitrogens with zero attached hydrogens (tertiary/aromatic N) is 1.